The van der Waals surface area contributed by atoms with Crippen LogP contribution in [0.4, 0.5) is 5.69 Å². The van der Waals surface area contributed by atoms with E-state index >= 15 is 0 Å². The number of nitrogens with zero attached hydrogens (tertiary/aromatic N) is 2. The molecule has 0 saturated carbocycles. The van der Waals surface area contributed by atoms with Crippen LogP contribution < -0.4 is 15.4 Å². The molecule has 2 aromatic rings. The number of anilines is 1. The maximum atomic E-state index is 12.7. The number of imide groups is 1. The predicted octanol–water partition coefficient (Wildman–Crippen LogP) is 0.188. The molecule has 4 amide bonds. The van der Waals surface area contributed by atoms with Gasteiger partial charge >= 0.3 is 0 Å². The molecule has 2 aliphatic rings. The summed E-state index contributed by atoms with van der Waals surface area (Å²) in [5.74, 6) is -1.07. The summed E-state index contributed by atoms with van der Waals surface area (Å²) in [5, 5.41) is 11.2. The van der Waals surface area contributed by atoms with E-state index in [4.69, 9.17) is 4.74 Å². The van der Waals surface area contributed by atoms with Crippen molar-refractivity contribution in [3.8, 4) is 5.75 Å². The Bertz CT molecular complexity index is 955. The Morgan fingerprint density at radius 2 is 2.18 bits per heavy atom. The summed E-state index contributed by atoms with van der Waals surface area (Å²) in [6.45, 7) is -0.0613. The van der Waals surface area contributed by atoms with E-state index in [1.807, 2.05) is 0 Å². The van der Waals surface area contributed by atoms with Gasteiger partial charge in [0.15, 0.2) is 6.61 Å². The van der Waals surface area contributed by atoms with Gasteiger partial charge in [0.25, 0.3) is 11.8 Å². The highest BCUT2D eigenvalue weighted by Gasteiger charge is 2.40. The Kier molecular flexibility index (Phi) is 4.52. The largest absolute Gasteiger partial charge is 0.483 e. The molecule has 10 nitrogen and oxygen atoms in total. The summed E-state index contributed by atoms with van der Waals surface area (Å²) in [7, 11) is 0. The van der Waals surface area contributed by atoms with Crippen molar-refractivity contribution in [2.45, 2.75) is 25.4 Å². The average Bonchev–Trinajstić information content (AvgIpc) is 3.29. The second kappa shape index (κ2) is 7.14. The van der Waals surface area contributed by atoms with Crippen molar-refractivity contribution in [2.24, 2.45) is 0 Å². The smallest absolute Gasteiger partial charge is 0.262 e. The monoisotopic (exact) mass is 383 g/mol. The highest BCUT2D eigenvalue weighted by Crippen LogP contribution is 2.33. The molecule has 10 heteroatoms. The fraction of sp³-hybridized carbons (Fsp3) is 0.278. The molecular weight excluding hydrogens is 366 g/mol. The highest BCUT2D eigenvalue weighted by atomic mass is 16.5. The number of carbonyl (C=O) groups excluding carboxylic acids is 4. The number of ether oxygens (including phenoxy) is 1. The molecule has 3 heterocycles. The van der Waals surface area contributed by atoms with Gasteiger partial charge in [-0.2, -0.15) is 5.10 Å². The highest BCUT2D eigenvalue weighted by molar-refractivity contribution is 6.05. The quantitative estimate of drug-likeness (QED) is 0.631. The number of benzene rings is 1. The van der Waals surface area contributed by atoms with E-state index in [1.54, 1.807) is 18.2 Å². The number of aromatic amines is 1. The lowest BCUT2D eigenvalue weighted by Gasteiger charge is -2.29. The van der Waals surface area contributed by atoms with E-state index in [1.165, 1.54) is 17.3 Å². The first kappa shape index (κ1) is 17.7. The summed E-state index contributed by atoms with van der Waals surface area (Å²) in [6, 6.07) is 4.29. The van der Waals surface area contributed by atoms with Crippen molar-refractivity contribution in [3.63, 3.8) is 0 Å². The van der Waals surface area contributed by atoms with Crippen molar-refractivity contribution >= 4 is 29.3 Å². The summed E-state index contributed by atoms with van der Waals surface area (Å²) in [4.78, 5) is 49.6. The third-order valence-electron chi connectivity index (χ3n) is 4.68. The molecule has 144 valence electrons. The number of nitrogens with one attached hydrogen (secondary N) is 3. The molecule has 1 saturated heterocycles. The van der Waals surface area contributed by atoms with Crippen LogP contribution in [0.2, 0.25) is 0 Å². The van der Waals surface area contributed by atoms with Gasteiger partial charge in [0.05, 0.1) is 18.4 Å². The van der Waals surface area contributed by atoms with Crippen LogP contribution >= 0.6 is 0 Å². The third kappa shape index (κ3) is 3.31. The number of piperidine rings is 1. The van der Waals surface area contributed by atoms with E-state index in [0.29, 0.717) is 22.6 Å². The van der Waals surface area contributed by atoms with Gasteiger partial charge in [0, 0.05) is 23.7 Å². The Morgan fingerprint density at radius 3 is 2.93 bits per heavy atom. The molecule has 3 N–H and O–H groups in total. The molecule has 1 aromatic carbocycles. The number of aromatic nitrogens is 2. The zero-order valence-electron chi connectivity index (χ0n) is 14.7. The number of carbonyl (C=O) groups is 4. The molecular formula is C18H17N5O5. The fourth-order valence-corrected chi connectivity index (χ4v) is 3.35. The number of fused-ring (bicyclic) bond motifs is 1. The Balaban J connectivity index is 1.46. The number of hydrogen-bond donors (Lipinski definition) is 3. The minimum absolute atomic E-state index is 0.181. The molecule has 28 heavy (non-hydrogen) atoms. The van der Waals surface area contributed by atoms with E-state index < -0.39 is 11.9 Å². The Labute approximate surface area is 159 Å². The first-order valence-corrected chi connectivity index (χ1v) is 8.71. The van der Waals surface area contributed by atoms with Crippen LogP contribution in [-0.2, 0) is 20.9 Å². The molecule has 0 bridgehead atoms. The van der Waals surface area contributed by atoms with Crippen LogP contribution in [0.1, 0.15) is 28.8 Å². The molecule has 1 aromatic heterocycles. The van der Waals surface area contributed by atoms with Crippen molar-refractivity contribution < 1.29 is 23.9 Å². The van der Waals surface area contributed by atoms with Gasteiger partial charge in [-0.1, -0.05) is 6.07 Å². The van der Waals surface area contributed by atoms with E-state index in [0.717, 1.165) is 0 Å². The third-order valence-corrected chi connectivity index (χ3v) is 4.68. The first-order chi connectivity index (χ1) is 13.5. The molecule has 1 atom stereocenters. The zero-order valence-corrected chi connectivity index (χ0v) is 14.7. The minimum Gasteiger partial charge on any atom is -0.483 e. The van der Waals surface area contributed by atoms with Gasteiger partial charge in [-0.25, -0.2) is 0 Å². The number of rotatable bonds is 5. The molecule has 0 radical (unpaired) electrons. The fourth-order valence-electron chi connectivity index (χ4n) is 3.35. The van der Waals surface area contributed by atoms with Gasteiger partial charge in [-0.3, -0.25) is 29.6 Å². The van der Waals surface area contributed by atoms with E-state index in [2.05, 4.69) is 20.8 Å². The molecule has 4 rings (SSSR count). The second-order valence-electron chi connectivity index (χ2n) is 6.51. The topological polar surface area (TPSA) is 133 Å². The van der Waals surface area contributed by atoms with Crippen LogP contribution in [0.3, 0.4) is 0 Å². The van der Waals surface area contributed by atoms with Crippen molar-refractivity contribution in [2.75, 3.05) is 11.9 Å². The Morgan fingerprint density at radius 1 is 1.32 bits per heavy atom. The van der Waals surface area contributed by atoms with Crippen LogP contribution in [0.15, 0.2) is 30.6 Å². The van der Waals surface area contributed by atoms with Crippen molar-refractivity contribution in [1.82, 2.24) is 20.4 Å². The zero-order chi connectivity index (χ0) is 19.7. The second-order valence-corrected chi connectivity index (χ2v) is 6.51. The normalized spacial score (nSPS) is 18.6. The SMILES string of the molecule is O=C1CCC(N2Cc3c(OCC(=O)Nc4cn[nH]c4)cccc3C2=O)C(=O)N1. The lowest BCUT2D eigenvalue weighted by Crippen LogP contribution is -2.52. The summed E-state index contributed by atoms with van der Waals surface area (Å²) < 4.78 is 5.61. The molecule has 2 aliphatic heterocycles. The van der Waals surface area contributed by atoms with Gasteiger partial charge in [-0.15, -0.1) is 0 Å². The first-order valence-electron chi connectivity index (χ1n) is 8.71. The molecule has 1 unspecified atom stereocenters. The average molecular weight is 383 g/mol. The van der Waals surface area contributed by atoms with Crippen LogP contribution in [-0.4, -0.2) is 51.4 Å². The van der Waals surface area contributed by atoms with Crippen molar-refractivity contribution in [3.05, 3.63) is 41.7 Å². The summed E-state index contributed by atoms with van der Waals surface area (Å²) >= 11 is 0. The maximum Gasteiger partial charge on any atom is 0.262 e. The van der Waals surface area contributed by atoms with E-state index in [-0.39, 0.29) is 43.7 Å². The van der Waals surface area contributed by atoms with Crippen LogP contribution in [0.25, 0.3) is 0 Å². The van der Waals surface area contributed by atoms with Gasteiger partial charge in [-0.05, 0) is 18.6 Å². The lowest BCUT2D eigenvalue weighted by atomic mass is 10.0. The predicted molar refractivity (Wildman–Crippen MR) is 95.2 cm³/mol. The maximum absolute atomic E-state index is 12.7. The van der Waals surface area contributed by atoms with Gasteiger partial charge in [0.1, 0.15) is 11.8 Å². The van der Waals surface area contributed by atoms with Gasteiger partial charge < -0.3 is 15.0 Å². The standard InChI is InChI=1S/C18H17N5O5/c24-15-5-4-13(17(26)22-15)23-8-12-11(18(23)27)2-1-3-14(12)28-9-16(25)21-10-6-19-20-7-10/h1-3,6-7,13H,4-5,8-9H2,(H,19,20)(H,21,25)(H,22,24,26). The van der Waals surface area contributed by atoms with Gasteiger partial charge in [0.2, 0.25) is 11.8 Å². The summed E-state index contributed by atoms with van der Waals surface area (Å²) in [5.41, 5.74) is 1.57. The number of hydrogen-bond acceptors (Lipinski definition) is 6. The van der Waals surface area contributed by atoms with E-state index in [9.17, 15) is 19.2 Å². The van der Waals surface area contributed by atoms with Crippen LogP contribution in [0.5, 0.6) is 5.75 Å². The Hall–Kier alpha value is -3.69. The van der Waals surface area contributed by atoms with Crippen LogP contribution in [0, 0.1) is 0 Å². The molecule has 1 fully saturated rings. The molecule has 0 spiro atoms. The lowest BCUT2D eigenvalue weighted by molar-refractivity contribution is -0.136. The molecule has 0 aliphatic carbocycles. The minimum atomic E-state index is -0.699. The van der Waals surface area contributed by atoms with Crippen molar-refractivity contribution in [1.29, 1.82) is 0 Å². The number of H-pyrrole nitrogens is 1. The number of amides is 4. The summed E-state index contributed by atoms with van der Waals surface area (Å²) in [6.07, 6.45) is 3.48.